The van der Waals surface area contributed by atoms with Gasteiger partial charge in [0.05, 0.1) is 0 Å². The van der Waals surface area contributed by atoms with Gasteiger partial charge in [-0.25, -0.2) is 4.98 Å². The molecule has 1 heterocycles. The third kappa shape index (κ3) is 4.47. The van der Waals surface area contributed by atoms with Crippen LogP contribution in [0, 0.1) is 16.2 Å². The number of rotatable bonds is 6. The van der Waals surface area contributed by atoms with Crippen LogP contribution in [0.15, 0.2) is 4.79 Å². The molecule has 0 fully saturated rings. The van der Waals surface area contributed by atoms with Crippen LogP contribution in [0.2, 0.25) is 5.28 Å². The van der Waals surface area contributed by atoms with E-state index in [1.165, 1.54) is 0 Å². The van der Waals surface area contributed by atoms with Crippen LogP contribution in [0.3, 0.4) is 0 Å². The van der Waals surface area contributed by atoms with Gasteiger partial charge in [0.1, 0.15) is 11.4 Å². The highest BCUT2D eigenvalue weighted by atomic mass is 35.5. The first-order chi connectivity index (χ1) is 9.47. The summed E-state index contributed by atoms with van der Waals surface area (Å²) >= 11 is 5.58. The molecule has 0 saturated heterocycles. The van der Waals surface area contributed by atoms with E-state index in [9.17, 15) is 4.79 Å². The average molecular weight is 299 g/mol. The standard InChI is InChI=1S/C11H15ClN6O2/c1-2-7(14)20-8(15)3-4-16-9-6(5-13)17-11(12)18-10(9)19/h5,13-16H,2-4H2,1H3,(H,17,18,19). The second kappa shape index (κ2) is 7.39. The molecule has 20 heavy (non-hydrogen) atoms. The molecule has 0 aliphatic heterocycles. The molecule has 0 aromatic carbocycles. The molecule has 0 saturated carbocycles. The highest BCUT2D eigenvalue weighted by Gasteiger charge is 2.09. The maximum absolute atomic E-state index is 11.7. The maximum atomic E-state index is 11.7. The molecule has 0 unspecified atom stereocenters. The number of nitrogens with one attached hydrogen (secondary N) is 5. The van der Waals surface area contributed by atoms with Gasteiger partial charge in [0.15, 0.2) is 11.8 Å². The Balaban J connectivity index is 2.63. The lowest BCUT2D eigenvalue weighted by molar-refractivity contribution is 0.502. The van der Waals surface area contributed by atoms with Crippen molar-refractivity contribution in [1.82, 2.24) is 9.97 Å². The Morgan fingerprint density at radius 1 is 1.50 bits per heavy atom. The van der Waals surface area contributed by atoms with Gasteiger partial charge in [0.2, 0.25) is 5.28 Å². The smallest absolute Gasteiger partial charge is 0.275 e. The van der Waals surface area contributed by atoms with E-state index in [4.69, 9.17) is 32.6 Å². The van der Waals surface area contributed by atoms with Gasteiger partial charge in [0, 0.05) is 25.6 Å². The lowest BCUT2D eigenvalue weighted by Crippen LogP contribution is -2.21. The number of ether oxygens (including phenoxy) is 1. The zero-order valence-electron chi connectivity index (χ0n) is 10.8. The lowest BCUT2D eigenvalue weighted by atomic mass is 10.3. The molecule has 0 radical (unpaired) electrons. The Morgan fingerprint density at radius 3 is 2.80 bits per heavy atom. The van der Waals surface area contributed by atoms with E-state index in [1.54, 1.807) is 6.92 Å². The molecule has 0 aliphatic rings. The van der Waals surface area contributed by atoms with Gasteiger partial charge < -0.3 is 15.5 Å². The molecule has 5 N–H and O–H groups in total. The molecule has 0 spiro atoms. The minimum Gasteiger partial charge on any atom is -0.430 e. The predicted octanol–water partition coefficient (Wildman–Crippen LogP) is 1.60. The summed E-state index contributed by atoms with van der Waals surface area (Å²) in [6, 6.07) is 0. The second-order valence-electron chi connectivity index (χ2n) is 3.74. The van der Waals surface area contributed by atoms with Crippen molar-refractivity contribution >= 4 is 35.3 Å². The Hall–Kier alpha value is -2.22. The van der Waals surface area contributed by atoms with E-state index in [2.05, 4.69) is 15.3 Å². The molecular formula is C11H15ClN6O2. The Bertz CT molecular complexity index is 583. The third-order valence-corrected chi connectivity index (χ3v) is 2.46. The minimum absolute atomic E-state index is 0.0150. The fraction of sp³-hybridized carbons (Fsp3) is 0.364. The monoisotopic (exact) mass is 298 g/mol. The number of hydrogen-bond acceptors (Lipinski definition) is 7. The average Bonchev–Trinajstić information content (AvgIpc) is 2.40. The first-order valence-electron chi connectivity index (χ1n) is 5.84. The molecule has 8 nitrogen and oxygen atoms in total. The normalized spacial score (nSPS) is 9.90. The SMILES string of the molecule is CCC(=N)OC(=N)CCNc1c(C=N)nc(Cl)[nH]c1=O. The number of aromatic nitrogens is 2. The van der Waals surface area contributed by atoms with Gasteiger partial charge in [0.25, 0.3) is 5.56 Å². The van der Waals surface area contributed by atoms with Crippen LogP contribution in [0.4, 0.5) is 5.69 Å². The predicted molar refractivity (Wildman–Crippen MR) is 77.7 cm³/mol. The summed E-state index contributed by atoms with van der Waals surface area (Å²) in [6.45, 7) is 1.99. The Morgan fingerprint density at radius 2 is 2.20 bits per heavy atom. The van der Waals surface area contributed by atoms with Crippen molar-refractivity contribution in [2.24, 2.45) is 0 Å². The number of anilines is 1. The fourth-order valence-corrected chi connectivity index (χ4v) is 1.49. The van der Waals surface area contributed by atoms with E-state index in [0.717, 1.165) is 6.21 Å². The van der Waals surface area contributed by atoms with E-state index in [1.807, 2.05) is 0 Å². The molecule has 1 aromatic heterocycles. The summed E-state index contributed by atoms with van der Waals surface area (Å²) in [5, 5.41) is 24.7. The molecule has 0 atom stereocenters. The van der Waals surface area contributed by atoms with Crippen LogP contribution < -0.4 is 10.9 Å². The molecule has 0 aliphatic carbocycles. The topological polar surface area (TPSA) is 139 Å². The Kier molecular flexibility index (Phi) is 5.85. The third-order valence-electron chi connectivity index (χ3n) is 2.28. The van der Waals surface area contributed by atoms with Gasteiger partial charge >= 0.3 is 0 Å². The summed E-state index contributed by atoms with van der Waals surface area (Å²) in [5.41, 5.74) is -0.257. The number of hydrogen-bond donors (Lipinski definition) is 5. The van der Waals surface area contributed by atoms with Crippen LogP contribution in [-0.4, -0.2) is 34.5 Å². The maximum Gasteiger partial charge on any atom is 0.275 e. The number of H-pyrrole nitrogens is 1. The quantitative estimate of drug-likeness (QED) is 0.309. The lowest BCUT2D eigenvalue weighted by Gasteiger charge is -2.09. The highest BCUT2D eigenvalue weighted by Crippen LogP contribution is 2.07. The van der Waals surface area contributed by atoms with Crippen LogP contribution in [0.25, 0.3) is 0 Å². The summed E-state index contributed by atoms with van der Waals surface area (Å²) in [7, 11) is 0. The molecule has 1 aromatic rings. The summed E-state index contributed by atoms with van der Waals surface area (Å²) in [5.74, 6) is -0.0553. The largest absolute Gasteiger partial charge is 0.430 e. The van der Waals surface area contributed by atoms with Crippen LogP contribution in [0.1, 0.15) is 25.5 Å². The van der Waals surface area contributed by atoms with Gasteiger partial charge in [-0.3, -0.25) is 20.6 Å². The minimum atomic E-state index is -0.489. The van der Waals surface area contributed by atoms with Crippen LogP contribution in [-0.2, 0) is 4.74 Å². The molecule has 0 bridgehead atoms. The van der Waals surface area contributed by atoms with E-state index >= 15 is 0 Å². The number of halogens is 1. The molecule has 9 heteroatoms. The number of aromatic amines is 1. The zero-order chi connectivity index (χ0) is 15.1. The van der Waals surface area contributed by atoms with Crippen molar-refractivity contribution in [3.63, 3.8) is 0 Å². The van der Waals surface area contributed by atoms with Crippen molar-refractivity contribution < 1.29 is 4.74 Å². The van der Waals surface area contributed by atoms with Crippen molar-refractivity contribution in [2.45, 2.75) is 19.8 Å². The van der Waals surface area contributed by atoms with Gasteiger partial charge in [-0.1, -0.05) is 6.92 Å². The zero-order valence-corrected chi connectivity index (χ0v) is 11.6. The van der Waals surface area contributed by atoms with E-state index in [-0.39, 0.29) is 41.4 Å². The highest BCUT2D eigenvalue weighted by molar-refractivity contribution is 6.28. The summed E-state index contributed by atoms with van der Waals surface area (Å²) < 4.78 is 4.90. The molecule has 0 amide bonds. The first kappa shape index (κ1) is 15.8. The fourth-order valence-electron chi connectivity index (χ4n) is 1.31. The molecule has 1 rings (SSSR count). The molecular weight excluding hydrogens is 284 g/mol. The van der Waals surface area contributed by atoms with Crippen LogP contribution >= 0.6 is 11.6 Å². The van der Waals surface area contributed by atoms with Gasteiger partial charge in [-0.05, 0) is 11.6 Å². The van der Waals surface area contributed by atoms with E-state index in [0.29, 0.717) is 6.42 Å². The Labute approximate surface area is 120 Å². The van der Waals surface area contributed by atoms with Crippen molar-refractivity contribution in [3.8, 4) is 0 Å². The molecule has 108 valence electrons. The number of nitrogens with zero attached hydrogens (tertiary/aromatic N) is 1. The van der Waals surface area contributed by atoms with Crippen molar-refractivity contribution in [1.29, 1.82) is 16.2 Å². The van der Waals surface area contributed by atoms with Gasteiger partial charge in [-0.15, -0.1) is 0 Å². The second-order valence-corrected chi connectivity index (χ2v) is 4.10. The van der Waals surface area contributed by atoms with Gasteiger partial charge in [-0.2, -0.15) is 0 Å². The van der Waals surface area contributed by atoms with Crippen LogP contribution in [0.5, 0.6) is 0 Å². The van der Waals surface area contributed by atoms with Crippen molar-refractivity contribution in [2.75, 3.05) is 11.9 Å². The summed E-state index contributed by atoms with van der Waals surface area (Å²) in [4.78, 5) is 17.8. The summed E-state index contributed by atoms with van der Waals surface area (Å²) in [6.07, 6.45) is 1.52. The first-order valence-corrected chi connectivity index (χ1v) is 6.22. The van der Waals surface area contributed by atoms with Crippen molar-refractivity contribution in [3.05, 3.63) is 21.3 Å². The van der Waals surface area contributed by atoms with E-state index < -0.39 is 5.56 Å².